The second-order valence-electron chi connectivity index (χ2n) is 6.25. The summed E-state index contributed by atoms with van der Waals surface area (Å²) in [7, 11) is 0. The standard InChI is InChI=1S/C21H16FN3O3S/c1-13(26)25(19-9-5-3-7-17(19)22)21-24-14(12-29-21)11-28-20(27)16-10-23-18-8-4-2-6-15(16)18/h2-10,12,23H,11H2,1H3. The minimum absolute atomic E-state index is 0.0577. The number of fused-ring (bicyclic) bond motifs is 1. The van der Waals surface area contributed by atoms with Gasteiger partial charge in [0.05, 0.1) is 16.9 Å². The van der Waals surface area contributed by atoms with Crippen molar-refractivity contribution in [3.63, 3.8) is 0 Å². The summed E-state index contributed by atoms with van der Waals surface area (Å²) in [5.41, 5.74) is 1.88. The van der Waals surface area contributed by atoms with Crippen molar-refractivity contribution in [1.82, 2.24) is 9.97 Å². The molecule has 0 aliphatic carbocycles. The Bertz CT molecular complexity index is 1200. The first kappa shape index (κ1) is 18.8. The zero-order valence-electron chi connectivity index (χ0n) is 15.4. The normalized spacial score (nSPS) is 10.8. The quantitative estimate of drug-likeness (QED) is 0.480. The number of benzene rings is 2. The highest BCUT2D eigenvalue weighted by Crippen LogP contribution is 2.31. The lowest BCUT2D eigenvalue weighted by Crippen LogP contribution is -2.23. The molecule has 0 aliphatic heterocycles. The molecule has 1 N–H and O–H groups in total. The van der Waals surface area contributed by atoms with E-state index in [0.717, 1.165) is 10.9 Å². The monoisotopic (exact) mass is 409 g/mol. The molecule has 0 bridgehead atoms. The van der Waals surface area contributed by atoms with Gasteiger partial charge in [0.1, 0.15) is 12.4 Å². The van der Waals surface area contributed by atoms with Gasteiger partial charge in [-0.2, -0.15) is 0 Å². The molecule has 0 fully saturated rings. The zero-order chi connectivity index (χ0) is 20.4. The summed E-state index contributed by atoms with van der Waals surface area (Å²) in [4.78, 5) is 33.1. The molecule has 4 rings (SSSR count). The van der Waals surface area contributed by atoms with Crippen LogP contribution in [0.4, 0.5) is 15.2 Å². The van der Waals surface area contributed by atoms with E-state index in [2.05, 4.69) is 9.97 Å². The lowest BCUT2D eigenvalue weighted by atomic mass is 10.2. The number of carbonyl (C=O) groups excluding carboxylic acids is 2. The van der Waals surface area contributed by atoms with Crippen LogP contribution in [0.25, 0.3) is 10.9 Å². The van der Waals surface area contributed by atoms with Gasteiger partial charge >= 0.3 is 5.97 Å². The van der Waals surface area contributed by atoms with E-state index in [1.807, 2.05) is 24.3 Å². The molecule has 2 aromatic carbocycles. The second-order valence-corrected chi connectivity index (χ2v) is 7.09. The molecule has 4 aromatic rings. The number of esters is 1. The van der Waals surface area contributed by atoms with Crippen molar-refractivity contribution in [3.05, 3.63) is 77.2 Å². The number of hydrogen-bond acceptors (Lipinski definition) is 5. The predicted octanol–water partition coefficient (Wildman–Crippen LogP) is 4.81. The minimum Gasteiger partial charge on any atom is -0.455 e. The van der Waals surface area contributed by atoms with E-state index in [4.69, 9.17) is 4.74 Å². The average molecular weight is 409 g/mol. The predicted molar refractivity (Wildman–Crippen MR) is 109 cm³/mol. The van der Waals surface area contributed by atoms with E-state index in [1.54, 1.807) is 23.7 Å². The van der Waals surface area contributed by atoms with Crippen molar-refractivity contribution in [1.29, 1.82) is 0 Å². The first-order valence-electron chi connectivity index (χ1n) is 8.77. The number of aromatic nitrogens is 2. The van der Waals surface area contributed by atoms with Gasteiger partial charge in [0.15, 0.2) is 5.13 Å². The topological polar surface area (TPSA) is 75.3 Å². The molecule has 6 nitrogen and oxygen atoms in total. The number of anilines is 2. The largest absolute Gasteiger partial charge is 0.455 e. The van der Waals surface area contributed by atoms with Crippen LogP contribution in [0.1, 0.15) is 23.0 Å². The summed E-state index contributed by atoms with van der Waals surface area (Å²) >= 11 is 1.17. The van der Waals surface area contributed by atoms with Gasteiger partial charge in [-0.05, 0) is 18.2 Å². The Labute approximate surface area is 169 Å². The van der Waals surface area contributed by atoms with Gasteiger partial charge < -0.3 is 9.72 Å². The first-order chi connectivity index (χ1) is 14.0. The van der Waals surface area contributed by atoms with Crippen LogP contribution in [-0.4, -0.2) is 21.8 Å². The number of H-pyrrole nitrogens is 1. The molecule has 0 spiro atoms. The van der Waals surface area contributed by atoms with E-state index in [-0.39, 0.29) is 18.2 Å². The van der Waals surface area contributed by atoms with Crippen molar-refractivity contribution >= 4 is 44.9 Å². The van der Waals surface area contributed by atoms with E-state index in [1.165, 1.54) is 35.3 Å². The number of rotatable bonds is 5. The van der Waals surface area contributed by atoms with Gasteiger partial charge in [-0.1, -0.05) is 30.3 Å². The van der Waals surface area contributed by atoms with Crippen LogP contribution in [0.5, 0.6) is 0 Å². The molecule has 1 amide bonds. The maximum atomic E-state index is 14.1. The highest BCUT2D eigenvalue weighted by Gasteiger charge is 2.21. The average Bonchev–Trinajstić information content (AvgIpc) is 3.35. The summed E-state index contributed by atoms with van der Waals surface area (Å²) < 4.78 is 19.5. The fraction of sp³-hybridized carbons (Fsp3) is 0.0952. The maximum Gasteiger partial charge on any atom is 0.340 e. The summed E-state index contributed by atoms with van der Waals surface area (Å²) in [6.07, 6.45) is 1.61. The molecular weight excluding hydrogens is 393 g/mol. The third-order valence-corrected chi connectivity index (χ3v) is 5.17. The molecule has 0 atom stereocenters. The number of hydrogen-bond donors (Lipinski definition) is 1. The van der Waals surface area contributed by atoms with Crippen molar-refractivity contribution in [2.75, 3.05) is 4.90 Å². The van der Waals surface area contributed by atoms with Crippen molar-refractivity contribution in [2.24, 2.45) is 0 Å². The van der Waals surface area contributed by atoms with E-state index in [0.29, 0.717) is 16.4 Å². The van der Waals surface area contributed by atoms with Crippen molar-refractivity contribution in [3.8, 4) is 0 Å². The summed E-state index contributed by atoms with van der Waals surface area (Å²) in [5, 5.41) is 2.76. The van der Waals surface area contributed by atoms with Crippen LogP contribution in [-0.2, 0) is 16.1 Å². The fourth-order valence-electron chi connectivity index (χ4n) is 2.96. The molecule has 0 unspecified atom stereocenters. The van der Waals surface area contributed by atoms with Crippen LogP contribution in [0.2, 0.25) is 0 Å². The molecule has 0 saturated carbocycles. The fourth-order valence-corrected chi connectivity index (χ4v) is 3.83. The summed E-state index contributed by atoms with van der Waals surface area (Å²) in [6, 6.07) is 13.4. The first-order valence-corrected chi connectivity index (χ1v) is 9.65. The zero-order valence-corrected chi connectivity index (χ0v) is 16.2. The smallest absolute Gasteiger partial charge is 0.340 e. The lowest BCUT2D eigenvalue weighted by molar-refractivity contribution is -0.115. The number of halogens is 1. The molecule has 0 saturated heterocycles. The van der Waals surface area contributed by atoms with Crippen LogP contribution in [0.3, 0.4) is 0 Å². The Morgan fingerprint density at radius 3 is 2.72 bits per heavy atom. The van der Waals surface area contributed by atoms with Crippen molar-refractivity contribution in [2.45, 2.75) is 13.5 Å². The van der Waals surface area contributed by atoms with Crippen LogP contribution >= 0.6 is 11.3 Å². The number of ether oxygens (including phenoxy) is 1. The minimum atomic E-state index is -0.523. The maximum absolute atomic E-state index is 14.1. The molecular formula is C21H16FN3O3S. The summed E-state index contributed by atoms with van der Waals surface area (Å²) in [6.45, 7) is 1.28. The Balaban J connectivity index is 1.51. The molecule has 8 heteroatoms. The Kier molecular flexibility index (Phi) is 5.09. The molecule has 0 aliphatic rings. The van der Waals surface area contributed by atoms with E-state index in [9.17, 15) is 14.0 Å². The van der Waals surface area contributed by atoms with E-state index >= 15 is 0 Å². The van der Waals surface area contributed by atoms with Gasteiger partial charge in [0.25, 0.3) is 0 Å². The SMILES string of the molecule is CC(=O)N(c1nc(COC(=O)c2c[nH]c3ccccc23)cs1)c1ccccc1F. The number of para-hydroxylation sites is 2. The summed E-state index contributed by atoms with van der Waals surface area (Å²) in [5.74, 6) is -1.37. The van der Waals surface area contributed by atoms with Crippen LogP contribution < -0.4 is 4.90 Å². The number of thiazole rings is 1. The van der Waals surface area contributed by atoms with Crippen LogP contribution in [0, 0.1) is 5.82 Å². The Morgan fingerprint density at radius 1 is 1.17 bits per heavy atom. The number of nitrogens with zero attached hydrogens (tertiary/aromatic N) is 2. The van der Waals surface area contributed by atoms with Gasteiger partial charge in [0.2, 0.25) is 5.91 Å². The third-order valence-electron chi connectivity index (χ3n) is 4.30. The van der Waals surface area contributed by atoms with Gasteiger partial charge in [-0.3, -0.25) is 9.69 Å². The van der Waals surface area contributed by atoms with E-state index < -0.39 is 11.8 Å². The molecule has 0 radical (unpaired) electrons. The number of carbonyl (C=O) groups is 2. The van der Waals surface area contributed by atoms with Crippen molar-refractivity contribution < 1.29 is 18.7 Å². The number of amides is 1. The Hall–Kier alpha value is -3.52. The van der Waals surface area contributed by atoms with Gasteiger partial charge in [-0.15, -0.1) is 11.3 Å². The lowest BCUT2D eigenvalue weighted by Gasteiger charge is -2.18. The number of nitrogens with one attached hydrogen (secondary N) is 1. The Morgan fingerprint density at radius 2 is 1.93 bits per heavy atom. The molecule has 2 aromatic heterocycles. The molecule has 2 heterocycles. The highest BCUT2D eigenvalue weighted by atomic mass is 32.1. The molecule has 29 heavy (non-hydrogen) atoms. The van der Waals surface area contributed by atoms with Crippen LogP contribution in [0.15, 0.2) is 60.1 Å². The number of aromatic amines is 1. The third kappa shape index (κ3) is 3.74. The highest BCUT2D eigenvalue weighted by molar-refractivity contribution is 7.14. The second kappa shape index (κ2) is 7.84. The molecule has 146 valence electrons. The van der Waals surface area contributed by atoms with Gasteiger partial charge in [-0.25, -0.2) is 14.2 Å². The van der Waals surface area contributed by atoms with Gasteiger partial charge in [0, 0.05) is 29.4 Å².